The summed E-state index contributed by atoms with van der Waals surface area (Å²) < 4.78 is 5.05. The summed E-state index contributed by atoms with van der Waals surface area (Å²) in [5.74, 6) is -0.0105. The fourth-order valence-corrected chi connectivity index (χ4v) is 1.79. The van der Waals surface area contributed by atoms with Crippen LogP contribution in [0.2, 0.25) is 5.02 Å². The van der Waals surface area contributed by atoms with E-state index in [1.165, 1.54) is 6.20 Å². The highest BCUT2D eigenvalue weighted by Crippen LogP contribution is 2.28. The van der Waals surface area contributed by atoms with Crippen LogP contribution >= 0.6 is 11.6 Å². The van der Waals surface area contributed by atoms with Gasteiger partial charge in [0.1, 0.15) is 6.10 Å². The van der Waals surface area contributed by atoms with Gasteiger partial charge in [0.15, 0.2) is 0 Å². The van der Waals surface area contributed by atoms with Crippen molar-refractivity contribution in [2.24, 2.45) is 11.7 Å². The third-order valence-corrected chi connectivity index (χ3v) is 2.56. The third-order valence-electron chi connectivity index (χ3n) is 2.36. The Morgan fingerprint density at radius 3 is 2.83 bits per heavy atom. The van der Waals surface area contributed by atoms with Gasteiger partial charge in [-0.1, -0.05) is 25.4 Å². The molecule has 0 spiro atoms. The van der Waals surface area contributed by atoms with E-state index in [9.17, 15) is 4.79 Å². The number of nitriles is 1. The van der Waals surface area contributed by atoms with Crippen molar-refractivity contribution >= 4 is 17.7 Å². The number of ether oxygens (including phenoxy) is 1. The zero-order valence-corrected chi connectivity index (χ0v) is 10.9. The average molecular weight is 268 g/mol. The van der Waals surface area contributed by atoms with Gasteiger partial charge in [0.2, 0.25) is 0 Å². The second-order valence-electron chi connectivity index (χ2n) is 4.13. The Labute approximate surface area is 111 Å². The van der Waals surface area contributed by atoms with Gasteiger partial charge in [-0.2, -0.15) is 5.26 Å². The molecule has 1 atom stereocenters. The van der Waals surface area contributed by atoms with Crippen LogP contribution in [0.4, 0.5) is 4.79 Å². The van der Waals surface area contributed by atoms with Crippen LogP contribution in [0.5, 0.6) is 0 Å². The molecule has 1 aromatic rings. The maximum atomic E-state index is 10.9. The van der Waals surface area contributed by atoms with E-state index in [1.807, 2.05) is 19.9 Å². The van der Waals surface area contributed by atoms with Gasteiger partial charge in [0, 0.05) is 6.20 Å². The second kappa shape index (κ2) is 6.22. The van der Waals surface area contributed by atoms with Crippen LogP contribution in [0, 0.1) is 17.2 Å². The molecule has 1 heterocycles. The molecule has 5 nitrogen and oxygen atoms in total. The van der Waals surface area contributed by atoms with Crippen molar-refractivity contribution in [3.63, 3.8) is 0 Å². The van der Waals surface area contributed by atoms with Gasteiger partial charge in [-0.25, -0.2) is 4.79 Å². The first kappa shape index (κ1) is 14.3. The smallest absolute Gasteiger partial charge is 0.405 e. The number of rotatable bonds is 4. The molecule has 0 radical (unpaired) electrons. The Bertz CT molecular complexity index is 483. The van der Waals surface area contributed by atoms with E-state index in [0.29, 0.717) is 16.3 Å². The minimum absolute atomic E-state index is 0.0105. The van der Waals surface area contributed by atoms with Crippen molar-refractivity contribution in [1.82, 2.24) is 4.98 Å². The summed E-state index contributed by atoms with van der Waals surface area (Å²) in [5, 5.41) is 9.22. The normalized spacial score (nSPS) is 11.9. The Balaban J connectivity index is 3.18. The summed E-state index contributed by atoms with van der Waals surface area (Å²) in [6.07, 6.45) is 0.155. The van der Waals surface area contributed by atoms with Crippen molar-refractivity contribution in [3.05, 3.63) is 28.5 Å². The van der Waals surface area contributed by atoms with E-state index < -0.39 is 12.2 Å². The van der Waals surface area contributed by atoms with Gasteiger partial charge in [-0.3, -0.25) is 4.98 Å². The van der Waals surface area contributed by atoms with Crippen LogP contribution in [-0.4, -0.2) is 11.1 Å². The molecular weight excluding hydrogens is 254 g/mol. The van der Waals surface area contributed by atoms with Gasteiger partial charge in [0.25, 0.3) is 0 Å². The van der Waals surface area contributed by atoms with E-state index in [-0.39, 0.29) is 12.3 Å². The topological polar surface area (TPSA) is 89.0 Å². The highest BCUT2D eigenvalue weighted by atomic mass is 35.5. The molecule has 1 aromatic heterocycles. The standard InChI is InChI=1S/C12H14ClN3O2/c1-7(2)11(18-12(15)17)10-8(3-4-14)5-9(13)6-16-10/h5-7,11H,3H2,1-2H3,(H2,15,17). The van der Waals surface area contributed by atoms with Crippen LogP contribution in [0.25, 0.3) is 0 Å². The highest BCUT2D eigenvalue weighted by Gasteiger charge is 2.23. The largest absolute Gasteiger partial charge is 0.440 e. The summed E-state index contributed by atoms with van der Waals surface area (Å²) in [7, 11) is 0. The van der Waals surface area contributed by atoms with Crippen molar-refractivity contribution < 1.29 is 9.53 Å². The summed E-state index contributed by atoms with van der Waals surface area (Å²) >= 11 is 5.84. The zero-order chi connectivity index (χ0) is 13.7. The van der Waals surface area contributed by atoms with Gasteiger partial charge in [-0.05, 0) is 17.5 Å². The SMILES string of the molecule is CC(C)C(OC(N)=O)c1ncc(Cl)cc1CC#N. The van der Waals surface area contributed by atoms with Crippen molar-refractivity contribution in [1.29, 1.82) is 5.26 Å². The molecule has 0 saturated carbocycles. The fraction of sp³-hybridized carbons (Fsp3) is 0.417. The Morgan fingerprint density at radius 1 is 1.67 bits per heavy atom. The average Bonchev–Trinajstić information content (AvgIpc) is 2.26. The molecule has 1 unspecified atom stereocenters. The van der Waals surface area contributed by atoms with E-state index in [4.69, 9.17) is 27.3 Å². The second-order valence-corrected chi connectivity index (χ2v) is 4.57. The zero-order valence-electron chi connectivity index (χ0n) is 10.2. The summed E-state index contributed by atoms with van der Waals surface area (Å²) in [5.41, 5.74) is 6.21. The molecule has 0 fully saturated rings. The molecule has 6 heteroatoms. The minimum atomic E-state index is -0.867. The number of hydrogen-bond acceptors (Lipinski definition) is 4. The van der Waals surface area contributed by atoms with E-state index in [2.05, 4.69) is 4.98 Å². The number of pyridine rings is 1. The molecule has 1 amide bonds. The molecule has 2 N–H and O–H groups in total. The van der Waals surface area contributed by atoms with Gasteiger partial charge >= 0.3 is 6.09 Å². The molecule has 0 saturated heterocycles. The molecule has 0 aliphatic carbocycles. The van der Waals surface area contributed by atoms with E-state index in [0.717, 1.165) is 0 Å². The maximum absolute atomic E-state index is 10.9. The molecule has 1 rings (SSSR count). The molecule has 18 heavy (non-hydrogen) atoms. The quantitative estimate of drug-likeness (QED) is 0.908. The lowest BCUT2D eigenvalue weighted by Gasteiger charge is -2.21. The lowest BCUT2D eigenvalue weighted by atomic mass is 9.98. The number of amides is 1. The number of hydrogen-bond donors (Lipinski definition) is 1. The first-order valence-corrected chi connectivity index (χ1v) is 5.80. The van der Waals surface area contributed by atoms with Crippen molar-refractivity contribution in [2.75, 3.05) is 0 Å². The van der Waals surface area contributed by atoms with E-state index in [1.54, 1.807) is 6.07 Å². The summed E-state index contributed by atoms with van der Waals surface area (Å²) in [6.45, 7) is 3.75. The third kappa shape index (κ3) is 3.60. The first-order chi connectivity index (χ1) is 8.45. The predicted molar refractivity (Wildman–Crippen MR) is 66.8 cm³/mol. The molecule has 0 aliphatic heterocycles. The van der Waals surface area contributed by atoms with E-state index >= 15 is 0 Å². The summed E-state index contributed by atoms with van der Waals surface area (Å²) in [6, 6.07) is 3.67. The number of carbonyl (C=O) groups is 1. The maximum Gasteiger partial charge on any atom is 0.405 e. The van der Waals surface area contributed by atoms with Crippen LogP contribution < -0.4 is 5.73 Å². The number of carbonyl (C=O) groups excluding carboxylic acids is 1. The predicted octanol–water partition coefficient (Wildman–Crippen LogP) is 2.59. The monoisotopic (exact) mass is 267 g/mol. The molecule has 96 valence electrons. The van der Waals surface area contributed by atoms with Crippen LogP contribution in [0.3, 0.4) is 0 Å². The summed E-state index contributed by atoms with van der Waals surface area (Å²) in [4.78, 5) is 15.1. The molecular formula is C12H14ClN3O2. The molecule has 0 bridgehead atoms. The van der Waals surface area contributed by atoms with Crippen LogP contribution in [0.15, 0.2) is 12.3 Å². The first-order valence-electron chi connectivity index (χ1n) is 5.43. The number of primary amides is 1. The Morgan fingerprint density at radius 2 is 2.33 bits per heavy atom. The lowest BCUT2D eigenvalue weighted by Crippen LogP contribution is -2.22. The number of aromatic nitrogens is 1. The lowest BCUT2D eigenvalue weighted by molar-refractivity contribution is 0.0752. The van der Waals surface area contributed by atoms with Gasteiger partial charge in [-0.15, -0.1) is 0 Å². The van der Waals surface area contributed by atoms with Gasteiger partial charge < -0.3 is 10.5 Å². The highest BCUT2D eigenvalue weighted by molar-refractivity contribution is 6.30. The fourth-order valence-electron chi connectivity index (χ4n) is 1.61. The Kier molecular flexibility index (Phi) is 4.93. The molecule has 0 aliphatic rings. The minimum Gasteiger partial charge on any atom is -0.440 e. The Hall–Kier alpha value is -1.80. The molecule has 0 aromatic carbocycles. The van der Waals surface area contributed by atoms with Crippen LogP contribution in [-0.2, 0) is 11.2 Å². The number of nitrogens with two attached hydrogens (primary N) is 1. The number of nitrogens with zero attached hydrogens (tertiary/aromatic N) is 2. The van der Waals surface area contributed by atoms with Gasteiger partial charge in [0.05, 0.1) is 23.2 Å². The van der Waals surface area contributed by atoms with Crippen molar-refractivity contribution in [3.8, 4) is 6.07 Å². The van der Waals surface area contributed by atoms with Crippen LogP contribution in [0.1, 0.15) is 31.2 Å². The van der Waals surface area contributed by atoms with Crippen molar-refractivity contribution in [2.45, 2.75) is 26.4 Å². The number of halogens is 1.